The smallest absolute Gasteiger partial charge is 0.404 e. The first-order chi connectivity index (χ1) is 18.7. The number of amides is 1. The van der Waals surface area contributed by atoms with E-state index < -0.39 is 6.09 Å². The molecule has 0 heterocycles. The number of rotatable bonds is 9. The lowest BCUT2D eigenvalue weighted by atomic mass is 9.62. The second-order valence-electron chi connectivity index (χ2n) is 15.7. The van der Waals surface area contributed by atoms with Gasteiger partial charge in [0.25, 0.3) is 0 Å². The summed E-state index contributed by atoms with van der Waals surface area (Å²) in [5, 5.41) is 23.1. The summed E-state index contributed by atoms with van der Waals surface area (Å²) in [5.41, 5.74) is 12.6. The maximum absolute atomic E-state index is 10.6. The molecule has 4 unspecified atom stereocenters. The molecule has 0 bridgehead atoms. The van der Waals surface area contributed by atoms with Gasteiger partial charge in [0.15, 0.2) is 0 Å². The number of nitrogens with two attached hydrogens (primary N) is 2. The zero-order valence-electron chi connectivity index (χ0n) is 28.7. The van der Waals surface area contributed by atoms with E-state index in [9.17, 15) is 9.59 Å². The highest BCUT2D eigenvalue weighted by atomic mass is 16.4. The summed E-state index contributed by atoms with van der Waals surface area (Å²) in [5.74, 6) is 0.997. The Kier molecular flexibility index (Phi) is 20.3. The van der Waals surface area contributed by atoms with Crippen molar-refractivity contribution in [1.82, 2.24) is 10.6 Å². The highest BCUT2D eigenvalue weighted by Crippen LogP contribution is 2.46. The Morgan fingerprint density at radius 1 is 0.854 bits per heavy atom. The van der Waals surface area contributed by atoms with Gasteiger partial charge < -0.3 is 37.1 Å². The number of aliphatic hydroxyl groups is 1. The molecule has 41 heavy (non-hydrogen) atoms. The van der Waals surface area contributed by atoms with Crippen LogP contribution in [0, 0.1) is 33.5 Å². The molecule has 0 spiro atoms. The number of hydrogen-bond donors (Lipinski definition) is 6. The fourth-order valence-corrected chi connectivity index (χ4v) is 6.72. The summed E-state index contributed by atoms with van der Waals surface area (Å²) in [7, 11) is 2.06. The molecule has 0 radical (unpaired) electrons. The van der Waals surface area contributed by atoms with Gasteiger partial charge in [-0.2, -0.15) is 0 Å². The van der Waals surface area contributed by atoms with Crippen molar-refractivity contribution in [3.63, 3.8) is 0 Å². The maximum Gasteiger partial charge on any atom is 0.404 e. The Morgan fingerprint density at radius 3 is 1.59 bits per heavy atom. The molecule has 246 valence electrons. The third kappa shape index (κ3) is 21.2. The van der Waals surface area contributed by atoms with Crippen molar-refractivity contribution in [1.29, 1.82) is 0 Å². The Hall–Kier alpha value is -1.22. The van der Waals surface area contributed by atoms with Crippen molar-refractivity contribution < 1.29 is 19.8 Å². The first-order valence-corrected chi connectivity index (χ1v) is 15.8. The van der Waals surface area contributed by atoms with Crippen LogP contribution in [0.3, 0.4) is 0 Å². The summed E-state index contributed by atoms with van der Waals surface area (Å²) in [6.45, 7) is 23.4. The SMILES string of the molecule is CC(C)C=O.CC(C)CCCCO.CC1(C)CC(NC(=O)O)CC(C)(CN)C1.CNC1CC(C)(C)CC(C)(CN)C1. The average molecular weight is 587 g/mol. The molecule has 8 nitrogen and oxygen atoms in total. The van der Waals surface area contributed by atoms with Gasteiger partial charge in [0.05, 0.1) is 0 Å². The molecule has 0 aromatic heterocycles. The van der Waals surface area contributed by atoms with Crippen molar-refractivity contribution in [2.75, 3.05) is 26.7 Å². The minimum Gasteiger partial charge on any atom is -0.465 e. The number of carboxylic acid groups (broad SMARTS) is 1. The van der Waals surface area contributed by atoms with E-state index >= 15 is 0 Å². The van der Waals surface area contributed by atoms with E-state index in [1.165, 1.54) is 32.1 Å². The largest absolute Gasteiger partial charge is 0.465 e. The van der Waals surface area contributed by atoms with Crippen LogP contribution in [0.25, 0.3) is 0 Å². The van der Waals surface area contributed by atoms with E-state index in [0.29, 0.717) is 30.0 Å². The average Bonchev–Trinajstić information content (AvgIpc) is 2.82. The van der Waals surface area contributed by atoms with Crippen molar-refractivity contribution in [3.05, 3.63) is 0 Å². The molecule has 0 aliphatic heterocycles. The third-order valence-electron chi connectivity index (χ3n) is 8.07. The molecule has 2 fully saturated rings. The summed E-state index contributed by atoms with van der Waals surface area (Å²) < 4.78 is 0. The molecule has 0 aromatic rings. The predicted octanol–water partition coefficient (Wildman–Crippen LogP) is 6.19. The second kappa shape index (κ2) is 19.9. The number of carbonyl (C=O) groups is 2. The molecular weight excluding hydrogens is 516 g/mol. The Labute approximate surface area is 253 Å². The van der Waals surface area contributed by atoms with Gasteiger partial charge in [0.1, 0.15) is 6.29 Å². The second-order valence-corrected chi connectivity index (χ2v) is 15.7. The van der Waals surface area contributed by atoms with Gasteiger partial charge in [-0.25, -0.2) is 4.79 Å². The molecule has 1 amide bonds. The number of aldehydes is 1. The lowest BCUT2D eigenvalue weighted by molar-refractivity contribution is -0.110. The van der Waals surface area contributed by atoms with E-state index in [1.54, 1.807) is 0 Å². The molecule has 4 atom stereocenters. The first kappa shape index (κ1) is 41.9. The topological polar surface area (TPSA) is 151 Å². The van der Waals surface area contributed by atoms with E-state index in [1.807, 2.05) is 13.8 Å². The van der Waals surface area contributed by atoms with Gasteiger partial charge in [-0.1, -0.05) is 82.1 Å². The molecular formula is C33H70N4O4. The molecule has 0 aromatic carbocycles. The molecule has 8 heteroatoms. The predicted molar refractivity (Wildman–Crippen MR) is 174 cm³/mol. The Morgan fingerprint density at radius 2 is 1.27 bits per heavy atom. The summed E-state index contributed by atoms with van der Waals surface area (Å²) in [4.78, 5) is 20.1. The van der Waals surface area contributed by atoms with E-state index in [-0.39, 0.29) is 22.8 Å². The number of aliphatic hydroxyl groups excluding tert-OH is 1. The van der Waals surface area contributed by atoms with Crippen LogP contribution in [0.4, 0.5) is 4.79 Å². The fraction of sp³-hybridized carbons (Fsp3) is 0.939. The van der Waals surface area contributed by atoms with Crippen LogP contribution in [0.2, 0.25) is 0 Å². The molecule has 2 aliphatic rings. The van der Waals surface area contributed by atoms with Crippen LogP contribution in [-0.2, 0) is 4.79 Å². The van der Waals surface area contributed by atoms with Crippen molar-refractivity contribution in [2.45, 2.75) is 139 Å². The number of carbonyl (C=O) groups excluding carboxylic acids is 1. The minimum atomic E-state index is -0.933. The van der Waals surface area contributed by atoms with Crippen LogP contribution in [0.1, 0.15) is 127 Å². The van der Waals surface area contributed by atoms with Crippen molar-refractivity contribution in [3.8, 4) is 0 Å². The van der Waals surface area contributed by atoms with E-state index in [2.05, 4.69) is 73.1 Å². The van der Waals surface area contributed by atoms with Crippen LogP contribution in [0.15, 0.2) is 0 Å². The summed E-state index contributed by atoms with van der Waals surface area (Å²) >= 11 is 0. The van der Waals surface area contributed by atoms with Gasteiger partial charge in [-0.3, -0.25) is 0 Å². The highest BCUT2D eigenvalue weighted by molar-refractivity contribution is 5.64. The van der Waals surface area contributed by atoms with Gasteiger partial charge in [0.2, 0.25) is 0 Å². The van der Waals surface area contributed by atoms with Crippen LogP contribution < -0.4 is 22.1 Å². The standard InChI is InChI=1S/C11H22N2O2.C11H24N2.C7H16O.C4H8O/c1-10(2)4-8(13-9(14)15)5-11(3,6-10)7-12;1-10(2)5-9(13-4)6-11(3,7-10)8-12;1-7(2)5-3-4-6-8;1-4(2)3-5/h8,13H,4-7,12H2,1-3H3,(H,14,15);9,13H,5-8,12H2,1-4H3;7-8H,3-6H2,1-2H3;3-4H,1-2H3. The maximum atomic E-state index is 10.6. The van der Waals surface area contributed by atoms with Crippen LogP contribution in [-0.4, -0.2) is 61.4 Å². The van der Waals surface area contributed by atoms with Gasteiger partial charge in [-0.15, -0.1) is 0 Å². The van der Waals surface area contributed by atoms with Crippen LogP contribution >= 0.6 is 0 Å². The Bertz CT molecular complexity index is 713. The van der Waals surface area contributed by atoms with E-state index in [0.717, 1.165) is 44.4 Å². The molecule has 8 N–H and O–H groups in total. The monoisotopic (exact) mass is 587 g/mol. The van der Waals surface area contributed by atoms with Gasteiger partial charge in [0, 0.05) is 24.6 Å². The minimum absolute atomic E-state index is 0.0415. The number of nitrogens with one attached hydrogen (secondary N) is 2. The van der Waals surface area contributed by atoms with Crippen molar-refractivity contribution >= 4 is 12.4 Å². The normalized spacial score (nSPS) is 28.2. The number of unbranched alkanes of at least 4 members (excludes halogenated alkanes) is 1. The third-order valence-corrected chi connectivity index (χ3v) is 8.07. The lowest BCUT2D eigenvalue weighted by Gasteiger charge is -2.46. The van der Waals surface area contributed by atoms with E-state index in [4.69, 9.17) is 21.7 Å². The van der Waals surface area contributed by atoms with Gasteiger partial charge in [-0.05, 0) is 92.7 Å². The van der Waals surface area contributed by atoms with Gasteiger partial charge >= 0.3 is 6.09 Å². The quantitative estimate of drug-likeness (QED) is 0.139. The van der Waals surface area contributed by atoms with Crippen LogP contribution in [0.5, 0.6) is 0 Å². The zero-order chi connectivity index (χ0) is 32.5. The molecule has 2 saturated carbocycles. The summed E-state index contributed by atoms with van der Waals surface area (Å²) in [6.07, 6.45) is 9.95. The molecule has 2 aliphatic carbocycles. The molecule has 2 rings (SSSR count). The van der Waals surface area contributed by atoms with Crippen molar-refractivity contribution in [2.24, 2.45) is 45.0 Å². The first-order valence-electron chi connectivity index (χ1n) is 15.8. The fourth-order valence-electron chi connectivity index (χ4n) is 6.72. The lowest BCUT2D eigenvalue weighted by Crippen LogP contribution is -2.48. The Balaban J connectivity index is 0. The summed E-state index contributed by atoms with van der Waals surface area (Å²) in [6, 6.07) is 0.692. The number of hydrogen-bond acceptors (Lipinski definition) is 6. The zero-order valence-corrected chi connectivity index (χ0v) is 28.7. The molecule has 0 saturated heterocycles. The highest BCUT2D eigenvalue weighted by Gasteiger charge is 2.41.